The summed E-state index contributed by atoms with van der Waals surface area (Å²) in [6.45, 7) is 3.54. The fourth-order valence-corrected chi connectivity index (χ4v) is 6.13. The van der Waals surface area contributed by atoms with Crippen molar-refractivity contribution < 1.29 is 4.79 Å². The number of allylic oxidation sites excluding steroid dienone is 1. The Hall–Kier alpha value is -1.08. The van der Waals surface area contributed by atoms with Gasteiger partial charge in [0.25, 0.3) is 0 Å². The molecule has 1 aromatic heterocycles. The number of aromatic nitrogens is 1. The van der Waals surface area contributed by atoms with Crippen LogP contribution < -0.4 is 10.6 Å². The van der Waals surface area contributed by atoms with Crippen molar-refractivity contribution in [3.05, 3.63) is 33.3 Å². The minimum absolute atomic E-state index is 0.0271. The lowest BCUT2D eigenvalue weighted by Crippen LogP contribution is -2.37. The molecule has 0 spiro atoms. The van der Waals surface area contributed by atoms with Crippen molar-refractivity contribution >= 4 is 56.4 Å². The molecular formula is C16H16ClN3OS2. The van der Waals surface area contributed by atoms with Crippen molar-refractivity contribution in [3.63, 3.8) is 0 Å². The predicted molar refractivity (Wildman–Crippen MR) is 97.7 cm³/mol. The van der Waals surface area contributed by atoms with Crippen molar-refractivity contribution in [1.29, 1.82) is 0 Å². The van der Waals surface area contributed by atoms with Gasteiger partial charge in [0.15, 0.2) is 0 Å². The summed E-state index contributed by atoms with van der Waals surface area (Å²) in [5.41, 5.74) is 2.17. The van der Waals surface area contributed by atoms with Crippen LogP contribution in [0.2, 0.25) is 5.02 Å². The molecule has 120 valence electrons. The zero-order chi connectivity index (χ0) is 16.0. The second-order valence-electron chi connectivity index (χ2n) is 5.81. The number of carbonyl (C=O) groups is 1. The van der Waals surface area contributed by atoms with Gasteiger partial charge in [0.1, 0.15) is 5.01 Å². The molecule has 0 radical (unpaired) electrons. The third kappa shape index (κ3) is 2.89. The maximum atomic E-state index is 11.6. The average molecular weight is 366 g/mol. The van der Waals surface area contributed by atoms with Gasteiger partial charge in [-0.1, -0.05) is 11.6 Å². The van der Waals surface area contributed by atoms with Crippen LogP contribution in [0.1, 0.15) is 18.4 Å². The highest BCUT2D eigenvalue weighted by atomic mass is 35.5. The van der Waals surface area contributed by atoms with Gasteiger partial charge in [-0.15, -0.1) is 23.1 Å². The van der Waals surface area contributed by atoms with Crippen LogP contribution >= 0.6 is 34.7 Å². The van der Waals surface area contributed by atoms with E-state index < -0.39 is 0 Å². The van der Waals surface area contributed by atoms with Gasteiger partial charge in [0, 0.05) is 35.2 Å². The number of nitrogens with zero attached hydrogens (tertiary/aromatic N) is 1. The monoisotopic (exact) mass is 365 g/mol. The van der Waals surface area contributed by atoms with Crippen LogP contribution in [0.4, 0.5) is 0 Å². The molecular weight excluding hydrogens is 350 g/mol. The number of thioether (sulfide) groups is 1. The first-order valence-corrected chi connectivity index (χ1v) is 9.65. The average Bonchev–Trinajstić information content (AvgIpc) is 3.05. The number of hydrogen-bond acceptors (Lipinski definition) is 5. The number of benzene rings is 1. The molecule has 2 atom stereocenters. The Bertz CT molecular complexity index is 817. The first-order chi connectivity index (χ1) is 11.1. The minimum Gasteiger partial charge on any atom is -0.321 e. The van der Waals surface area contributed by atoms with E-state index in [9.17, 15) is 4.79 Å². The summed E-state index contributed by atoms with van der Waals surface area (Å²) in [7, 11) is 0. The van der Waals surface area contributed by atoms with Gasteiger partial charge in [0.2, 0.25) is 5.91 Å². The molecule has 0 saturated carbocycles. The van der Waals surface area contributed by atoms with E-state index in [0.717, 1.165) is 44.8 Å². The first kappa shape index (κ1) is 15.4. The van der Waals surface area contributed by atoms with Gasteiger partial charge in [-0.2, -0.15) is 0 Å². The van der Waals surface area contributed by atoms with Crippen LogP contribution in [0.3, 0.4) is 0 Å². The van der Waals surface area contributed by atoms with Crippen LogP contribution in [0.15, 0.2) is 23.2 Å². The molecule has 2 aliphatic rings. The van der Waals surface area contributed by atoms with Crippen LogP contribution in [0.25, 0.3) is 15.8 Å². The van der Waals surface area contributed by atoms with Gasteiger partial charge in [-0.25, -0.2) is 4.98 Å². The highest BCUT2D eigenvalue weighted by molar-refractivity contribution is 8.04. The molecule has 4 nitrogen and oxygen atoms in total. The van der Waals surface area contributed by atoms with Crippen molar-refractivity contribution in [2.75, 3.05) is 13.1 Å². The second kappa shape index (κ2) is 6.09. The fourth-order valence-electron chi connectivity index (χ4n) is 3.19. The van der Waals surface area contributed by atoms with Gasteiger partial charge in [0.05, 0.1) is 15.2 Å². The maximum absolute atomic E-state index is 11.6. The standard InChI is InChI=1S/C16H16ClN3OS2/c1-8(21)19-15-14(10-4-5-18-7-13(10)23-15)16-20-11-3-2-9(17)6-12(11)22-16/h2-3,6,10,13,18H,4-5,7H2,1H3,(H,19,21). The first-order valence-electron chi connectivity index (χ1n) is 7.57. The van der Waals surface area contributed by atoms with E-state index in [0.29, 0.717) is 11.2 Å². The molecule has 3 heterocycles. The molecule has 1 amide bonds. The van der Waals surface area contributed by atoms with Gasteiger partial charge >= 0.3 is 0 Å². The zero-order valence-electron chi connectivity index (χ0n) is 12.6. The second-order valence-corrected chi connectivity index (χ2v) is 8.53. The topological polar surface area (TPSA) is 54.0 Å². The molecule has 1 aromatic carbocycles. The van der Waals surface area contributed by atoms with E-state index in [1.54, 1.807) is 30.0 Å². The van der Waals surface area contributed by atoms with Gasteiger partial charge in [-0.05, 0) is 31.2 Å². The third-order valence-electron chi connectivity index (χ3n) is 4.18. The summed E-state index contributed by atoms with van der Waals surface area (Å²) >= 11 is 9.51. The number of piperidine rings is 1. The van der Waals surface area contributed by atoms with E-state index in [4.69, 9.17) is 16.6 Å². The summed E-state index contributed by atoms with van der Waals surface area (Å²) in [6, 6.07) is 5.78. The molecule has 1 fully saturated rings. The highest BCUT2D eigenvalue weighted by Crippen LogP contribution is 2.49. The van der Waals surface area contributed by atoms with Gasteiger partial charge < -0.3 is 10.6 Å². The van der Waals surface area contributed by atoms with E-state index in [2.05, 4.69) is 10.6 Å². The number of amides is 1. The Morgan fingerprint density at radius 2 is 2.35 bits per heavy atom. The number of fused-ring (bicyclic) bond motifs is 2. The van der Waals surface area contributed by atoms with E-state index in [1.807, 2.05) is 18.2 Å². The van der Waals surface area contributed by atoms with Crippen molar-refractivity contribution in [2.45, 2.75) is 18.6 Å². The Kier molecular flexibility index (Phi) is 4.09. The molecule has 2 aliphatic heterocycles. The normalized spacial score (nSPS) is 24.1. The summed E-state index contributed by atoms with van der Waals surface area (Å²) in [5.74, 6) is 0.417. The molecule has 23 heavy (non-hydrogen) atoms. The summed E-state index contributed by atoms with van der Waals surface area (Å²) < 4.78 is 1.09. The lowest BCUT2D eigenvalue weighted by molar-refractivity contribution is -0.118. The Morgan fingerprint density at radius 1 is 1.48 bits per heavy atom. The Morgan fingerprint density at radius 3 is 3.17 bits per heavy atom. The van der Waals surface area contributed by atoms with Crippen LogP contribution in [-0.4, -0.2) is 29.2 Å². The third-order valence-corrected chi connectivity index (χ3v) is 6.82. The van der Waals surface area contributed by atoms with E-state index in [-0.39, 0.29) is 5.91 Å². The lowest BCUT2D eigenvalue weighted by atomic mass is 9.90. The smallest absolute Gasteiger partial charge is 0.221 e. The number of rotatable bonds is 2. The fraction of sp³-hybridized carbons (Fsp3) is 0.375. The van der Waals surface area contributed by atoms with Crippen LogP contribution in [0, 0.1) is 5.92 Å². The molecule has 2 N–H and O–H groups in total. The maximum Gasteiger partial charge on any atom is 0.221 e. The summed E-state index contributed by atoms with van der Waals surface area (Å²) in [4.78, 5) is 16.4. The van der Waals surface area contributed by atoms with Crippen LogP contribution in [-0.2, 0) is 4.79 Å². The Balaban J connectivity index is 1.81. The van der Waals surface area contributed by atoms with Gasteiger partial charge in [-0.3, -0.25) is 4.79 Å². The molecule has 2 unspecified atom stereocenters. The molecule has 7 heteroatoms. The molecule has 0 bridgehead atoms. The Labute approximate surface area is 147 Å². The number of carbonyl (C=O) groups excluding carboxylic acids is 1. The highest BCUT2D eigenvalue weighted by Gasteiger charge is 2.39. The van der Waals surface area contributed by atoms with E-state index >= 15 is 0 Å². The van der Waals surface area contributed by atoms with Crippen LogP contribution in [0.5, 0.6) is 0 Å². The predicted octanol–water partition coefficient (Wildman–Crippen LogP) is 3.48. The summed E-state index contributed by atoms with van der Waals surface area (Å²) in [6.07, 6.45) is 1.08. The number of halogens is 1. The lowest BCUT2D eigenvalue weighted by Gasteiger charge is -2.26. The number of nitrogens with one attached hydrogen (secondary N) is 2. The zero-order valence-corrected chi connectivity index (χ0v) is 14.9. The minimum atomic E-state index is -0.0271. The number of thiazole rings is 1. The number of hydrogen-bond donors (Lipinski definition) is 2. The molecule has 2 aromatic rings. The molecule has 1 saturated heterocycles. The van der Waals surface area contributed by atoms with Crippen molar-refractivity contribution in [2.24, 2.45) is 5.92 Å². The summed E-state index contributed by atoms with van der Waals surface area (Å²) in [5, 5.41) is 9.64. The van der Waals surface area contributed by atoms with Crippen molar-refractivity contribution in [1.82, 2.24) is 15.6 Å². The van der Waals surface area contributed by atoms with E-state index in [1.165, 1.54) is 5.57 Å². The largest absolute Gasteiger partial charge is 0.321 e. The quantitative estimate of drug-likeness (QED) is 0.855. The van der Waals surface area contributed by atoms with Crippen molar-refractivity contribution in [3.8, 4) is 0 Å². The SMILES string of the molecule is CC(=O)NC1=C(c2nc3ccc(Cl)cc3s2)C2CCNCC2S1. The molecule has 0 aliphatic carbocycles. The molecule has 4 rings (SSSR count).